The monoisotopic (exact) mass is 171 g/mol. The van der Waals surface area contributed by atoms with Crippen LogP contribution in [0.2, 0.25) is 0 Å². The first-order valence-electron chi connectivity index (χ1n) is 2.98. The van der Waals surface area contributed by atoms with Crippen LogP contribution in [0.3, 0.4) is 0 Å². The highest BCUT2D eigenvalue weighted by Gasteiger charge is 2.32. The molecule has 7 nitrogen and oxygen atoms in total. The molecular formula is C5H5N3O4. The van der Waals surface area contributed by atoms with Gasteiger partial charge in [-0.2, -0.15) is 0 Å². The van der Waals surface area contributed by atoms with Gasteiger partial charge in [-0.1, -0.05) is 0 Å². The third-order valence-corrected chi connectivity index (χ3v) is 1.25. The van der Waals surface area contributed by atoms with Crippen LogP contribution in [0.4, 0.5) is 4.79 Å². The second-order valence-electron chi connectivity index (χ2n) is 2.05. The molecule has 1 fully saturated rings. The van der Waals surface area contributed by atoms with Crippen molar-refractivity contribution in [2.45, 2.75) is 0 Å². The smallest absolute Gasteiger partial charge is 0.328 e. The minimum absolute atomic E-state index is 0.733. The van der Waals surface area contributed by atoms with E-state index in [2.05, 4.69) is 5.16 Å². The van der Waals surface area contributed by atoms with E-state index in [1.807, 2.05) is 10.6 Å². The average molecular weight is 171 g/mol. The van der Waals surface area contributed by atoms with E-state index in [0.717, 1.165) is 6.21 Å². The highest BCUT2D eigenvalue weighted by Crippen LogP contribution is 1.97. The SMILES string of the molecule is O=C1NC(=O)C(C=NO)C(=O)N1. The van der Waals surface area contributed by atoms with Crippen LogP contribution in [-0.4, -0.2) is 29.3 Å². The zero-order chi connectivity index (χ0) is 9.14. The second kappa shape index (κ2) is 2.99. The molecule has 12 heavy (non-hydrogen) atoms. The number of nitrogens with one attached hydrogen (secondary N) is 2. The Morgan fingerprint density at radius 3 is 2.17 bits per heavy atom. The van der Waals surface area contributed by atoms with Gasteiger partial charge in [0.25, 0.3) is 0 Å². The number of hydrogen-bond donors (Lipinski definition) is 3. The summed E-state index contributed by atoms with van der Waals surface area (Å²) < 4.78 is 0. The van der Waals surface area contributed by atoms with Gasteiger partial charge < -0.3 is 5.21 Å². The summed E-state index contributed by atoms with van der Waals surface area (Å²) in [6.07, 6.45) is 0.733. The van der Waals surface area contributed by atoms with Gasteiger partial charge in [-0.05, 0) is 0 Å². The molecule has 0 unspecified atom stereocenters. The molecule has 1 heterocycles. The van der Waals surface area contributed by atoms with Crippen molar-refractivity contribution in [3.05, 3.63) is 0 Å². The lowest BCUT2D eigenvalue weighted by Gasteiger charge is -2.16. The van der Waals surface area contributed by atoms with Gasteiger partial charge in [0, 0.05) is 0 Å². The topological polar surface area (TPSA) is 108 Å². The first kappa shape index (κ1) is 8.18. The van der Waals surface area contributed by atoms with Crippen molar-refractivity contribution in [3.63, 3.8) is 0 Å². The Bertz CT molecular complexity index is 252. The maximum absolute atomic E-state index is 10.8. The molecule has 0 saturated carbocycles. The van der Waals surface area contributed by atoms with Crippen LogP contribution in [0.1, 0.15) is 0 Å². The molecule has 0 aromatic rings. The summed E-state index contributed by atoms with van der Waals surface area (Å²) in [4.78, 5) is 32.1. The fourth-order valence-electron chi connectivity index (χ4n) is 0.732. The van der Waals surface area contributed by atoms with Gasteiger partial charge in [0.2, 0.25) is 11.8 Å². The standard InChI is InChI=1S/C5H5N3O4/c9-3-2(1-6-12)4(10)8-5(11)7-3/h1-2,12H,(H2,7,8,9,10,11). The van der Waals surface area contributed by atoms with Crippen LogP contribution in [0.5, 0.6) is 0 Å². The van der Waals surface area contributed by atoms with Crippen molar-refractivity contribution in [2.24, 2.45) is 11.1 Å². The summed E-state index contributed by atoms with van der Waals surface area (Å²) in [6, 6.07) is -0.868. The predicted octanol–water partition coefficient (Wildman–Crippen LogP) is -1.57. The number of rotatable bonds is 1. The minimum atomic E-state index is -1.24. The Morgan fingerprint density at radius 2 is 1.75 bits per heavy atom. The van der Waals surface area contributed by atoms with Crippen molar-refractivity contribution in [1.29, 1.82) is 0 Å². The molecule has 0 radical (unpaired) electrons. The average Bonchev–Trinajstić information content (AvgIpc) is 1.96. The number of carbonyl (C=O) groups is 3. The molecule has 0 spiro atoms. The van der Waals surface area contributed by atoms with Crippen LogP contribution < -0.4 is 10.6 Å². The Balaban J connectivity index is 2.80. The summed E-state index contributed by atoms with van der Waals surface area (Å²) in [5.74, 6) is -2.85. The number of amides is 4. The first-order chi connectivity index (χ1) is 5.65. The zero-order valence-corrected chi connectivity index (χ0v) is 5.77. The highest BCUT2D eigenvalue weighted by atomic mass is 16.4. The first-order valence-corrected chi connectivity index (χ1v) is 2.98. The third-order valence-electron chi connectivity index (χ3n) is 1.25. The number of nitrogens with zero attached hydrogens (tertiary/aromatic N) is 1. The van der Waals surface area contributed by atoms with Gasteiger partial charge in [-0.15, -0.1) is 5.16 Å². The number of carbonyl (C=O) groups excluding carboxylic acids is 3. The minimum Gasteiger partial charge on any atom is -0.411 e. The van der Waals surface area contributed by atoms with E-state index in [1.165, 1.54) is 0 Å². The van der Waals surface area contributed by atoms with Gasteiger partial charge in [0.05, 0.1) is 6.21 Å². The summed E-state index contributed by atoms with van der Waals surface area (Å²) in [5.41, 5.74) is 0. The molecule has 3 N–H and O–H groups in total. The summed E-state index contributed by atoms with van der Waals surface area (Å²) in [7, 11) is 0. The Labute approximate surface area is 66.4 Å². The van der Waals surface area contributed by atoms with Crippen LogP contribution in [0.15, 0.2) is 5.16 Å². The summed E-state index contributed by atoms with van der Waals surface area (Å²) in [5, 5.41) is 14.2. The molecule has 1 aliphatic heterocycles. The largest absolute Gasteiger partial charge is 0.411 e. The van der Waals surface area contributed by atoms with Crippen LogP contribution in [-0.2, 0) is 9.59 Å². The van der Waals surface area contributed by atoms with E-state index in [1.54, 1.807) is 0 Å². The molecule has 0 atom stereocenters. The molecular weight excluding hydrogens is 166 g/mol. The molecule has 64 valence electrons. The normalized spacial score (nSPS) is 19.5. The van der Waals surface area contributed by atoms with Crippen LogP contribution >= 0.6 is 0 Å². The number of barbiturate groups is 1. The molecule has 1 rings (SSSR count). The van der Waals surface area contributed by atoms with Gasteiger partial charge in [0.1, 0.15) is 0 Å². The van der Waals surface area contributed by atoms with Crippen molar-refractivity contribution >= 4 is 24.1 Å². The molecule has 1 aliphatic rings. The van der Waals surface area contributed by atoms with E-state index in [4.69, 9.17) is 5.21 Å². The Kier molecular flexibility index (Phi) is 2.04. The van der Waals surface area contributed by atoms with Crippen molar-refractivity contribution in [3.8, 4) is 0 Å². The second-order valence-corrected chi connectivity index (χ2v) is 2.05. The van der Waals surface area contributed by atoms with Crippen molar-refractivity contribution in [1.82, 2.24) is 10.6 Å². The number of oxime groups is 1. The van der Waals surface area contributed by atoms with Gasteiger partial charge in [0.15, 0.2) is 5.92 Å². The number of imide groups is 2. The maximum atomic E-state index is 10.8. The third kappa shape index (κ3) is 1.39. The molecule has 7 heteroatoms. The van der Waals surface area contributed by atoms with E-state index < -0.39 is 23.8 Å². The predicted molar refractivity (Wildman–Crippen MR) is 35.4 cm³/mol. The highest BCUT2D eigenvalue weighted by molar-refractivity contribution is 6.23. The number of hydrogen-bond acceptors (Lipinski definition) is 5. The number of urea groups is 1. The van der Waals surface area contributed by atoms with Crippen LogP contribution in [0.25, 0.3) is 0 Å². The molecule has 0 aromatic carbocycles. The molecule has 1 saturated heterocycles. The quantitative estimate of drug-likeness (QED) is 0.191. The van der Waals surface area contributed by atoms with Crippen LogP contribution in [0, 0.1) is 5.92 Å². The van der Waals surface area contributed by atoms with E-state index >= 15 is 0 Å². The van der Waals surface area contributed by atoms with E-state index in [-0.39, 0.29) is 0 Å². The molecule has 4 amide bonds. The zero-order valence-electron chi connectivity index (χ0n) is 5.77. The summed E-state index contributed by atoms with van der Waals surface area (Å²) >= 11 is 0. The lowest BCUT2D eigenvalue weighted by Crippen LogP contribution is -2.56. The van der Waals surface area contributed by atoms with Gasteiger partial charge in [-0.25, -0.2) is 4.79 Å². The Morgan fingerprint density at radius 1 is 1.25 bits per heavy atom. The van der Waals surface area contributed by atoms with E-state index in [0.29, 0.717) is 0 Å². The van der Waals surface area contributed by atoms with Gasteiger partial charge >= 0.3 is 6.03 Å². The fraction of sp³-hybridized carbons (Fsp3) is 0.200. The van der Waals surface area contributed by atoms with Gasteiger partial charge in [-0.3, -0.25) is 20.2 Å². The van der Waals surface area contributed by atoms with E-state index in [9.17, 15) is 14.4 Å². The molecule has 0 aliphatic carbocycles. The summed E-state index contributed by atoms with van der Waals surface area (Å²) in [6.45, 7) is 0. The van der Waals surface area contributed by atoms with Crippen molar-refractivity contribution in [2.75, 3.05) is 0 Å². The fourth-order valence-corrected chi connectivity index (χ4v) is 0.732. The van der Waals surface area contributed by atoms with Crippen molar-refractivity contribution < 1.29 is 19.6 Å². The Hall–Kier alpha value is -1.92. The maximum Gasteiger partial charge on any atom is 0.328 e. The lowest BCUT2D eigenvalue weighted by molar-refractivity contribution is -0.132. The lowest BCUT2D eigenvalue weighted by atomic mass is 10.1. The molecule has 0 aromatic heterocycles. The molecule has 0 bridgehead atoms.